The molecule has 1 fully saturated rings. The number of rotatable bonds is 13. The maximum Gasteiger partial charge on any atom is 0.213 e. The first kappa shape index (κ1) is 30.2. The lowest BCUT2D eigenvalue weighted by Gasteiger charge is -2.34. The highest BCUT2D eigenvalue weighted by molar-refractivity contribution is 6.30. The van der Waals surface area contributed by atoms with Crippen LogP contribution in [0.2, 0.25) is 5.02 Å². The second kappa shape index (κ2) is 14.8. The van der Waals surface area contributed by atoms with Crippen LogP contribution in [0.1, 0.15) is 49.8 Å². The number of aldehydes is 1. The van der Waals surface area contributed by atoms with Crippen LogP contribution in [-0.4, -0.2) is 52.2 Å². The molecular weight excluding hydrogens is 543 g/mol. The number of ether oxygens (including phenoxy) is 1. The number of oxazole rings is 1. The summed E-state index contributed by atoms with van der Waals surface area (Å²) >= 11 is 5.85. The van der Waals surface area contributed by atoms with Gasteiger partial charge in [-0.1, -0.05) is 36.4 Å². The van der Waals surface area contributed by atoms with Crippen molar-refractivity contribution in [2.75, 3.05) is 26.2 Å². The molecule has 2 aromatic heterocycles. The molecule has 1 saturated heterocycles. The number of carbonyl (C=O) groups is 1. The van der Waals surface area contributed by atoms with Gasteiger partial charge in [-0.2, -0.15) is 0 Å². The first-order chi connectivity index (χ1) is 19.9. The number of nitrogens with zero attached hydrogens (tertiary/aromatic N) is 4. The molecule has 0 unspecified atom stereocenters. The largest absolute Gasteiger partial charge is 0.473 e. The van der Waals surface area contributed by atoms with Gasteiger partial charge in [0.05, 0.1) is 12.7 Å². The van der Waals surface area contributed by atoms with Crippen molar-refractivity contribution in [3.63, 3.8) is 0 Å². The summed E-state index contributed by atoms with van der Waals surface area (Å²) in [5.74, 6) is 1.03. The molecule has 0 amide bonds. The van der Waals surface area contributed by atoms with E-state index in [0.717, 1.165) is 62.3 Å². The average Bonchev–Trinajstić information content (AvgIpc) is 3.51. The van der Waals surface area contributed by atoms with Crippen LogP contribution in [0.5, 0.6) is 5.88 Å². The zero-order valence-electron chi connectivity index (χ0n) is 23.6. The van der Waals surface area contributed by atoms with Gasteiger partial charge < -0.3 is 19.0 Å². The van der Waals surface area contributed by atoms with Crippen LogP contribution in [0.3, 0.4) is 0 Å². The van der Waals surface area contributed by atoms with Gasteiger partial charge in [-0.05, 0) is 75.2 Å². The minimum absolute atomic E-state index is 0.0885. The molecule has 1 aromatic carbocycles. The van der Waals surface area contributed by atoms with Gasteiger partial charge in [0.15, 0.2) is 0 Å². The van der Waals surface area contributed by atoms with Crippen LogP contribution in [0, 0.1) is 5.82 Å². The molecule has 4 rings (SSSR count). The Bertz CT molecular complexity index is 1380. The summed E-state index contributed by atoms with van der Waals surface area (Å²) in [6.07, 6.45) is 9.70. The van der Waals surface area contributed by atoms with Gasteiger partial charge in [-0.25, -0.2) is 14.4 Å². The fourth-order valence-electron chi connectivity index (χ4n) is 4.83. The topological polar surface area (TPSA) is 71.7 Å². The van der Waals surface area contributed by atoms with Crippen LogP contribution in [0.15, 0.2) is 88.8 Å². The van der Waals surface area contributed by atoms with Crippen molar-refractivity contribution in [1.82, 2.24) is 19.8 Å². The number of likely N-dealkylation sites (tertiary alicyclic amines) is 1. The highest BCUT2D eigenvalue weighted by atomic mass is 35.5. The first-order valence-electron chi connectivity index (χ1n) is 13.7. The van der Waals surface area contributed by atoms with Gasteiger partial charge in [0, 0.05) is 47.1 Å². The van der Waals surface area contributed by atoms with Crippen molar-refractivity contribution >= 4 is 17.9 Å². The predicted molar refractivity (Wildman–Crippen MR) is 158 cm³/mol. The summed E-state index contributed by atoms with van der Waals surface area (Å²) < 4.78 is 25.4. The quantitative estimate of drug-likeness (QED) is 0.126. The van der Waals surface area contributed by atoms with E-state index < -0.39 is 5.82 Å². The Morgan fingerprint density at radius 1 is 1.27 bits per heavy atom. The van der Waals surface area contributed by atoms with E-state index in [-0.39, 0.29) is 6.61 Å². The average molecular weight is 579 g/mol. The fourth-order valence-corrected chi connectivity index (χ4v) is 4.99. The number of carbonyl (C=O) groups excluding carboxylic acids is 1. The summed E-state index contributed by atoms with van der Waals surface area (Å²) in [5, 5.41) is 0.355. The van der Waals surface area contributed by atoms with E-state index in [1.807, 2.05) is 25.1 Å². The van der Waals surface area contributed by atoms with E-state index >= 15 is 0 Å². The third-order valence-electron chi connectivity index (χ3n) is 7.24. The molecule has 0 saturated carbocycles. The number of pyridine rings is 1. The summed E-state index contributed by atoms with van der Waals surface area (Å²) in [5.41, 5.74) is 3.97. The number of aromatic nitrogens is 2. The molecule has 0 bridgehead atoms. The predicted octanol–water partition coefficient (Wildman–Crippen LogP) is 6.73. The summed E-state index contributed by atoms with van der Waals surface area (Å²) in [6.45, 7) is 11.7. The summed E-state index contributed by atoms with van der Waals surface area (Å²) in [4.78, 5) is 25.0. The molecule has 7 nitrogen and oxygen atoms in total. The third kappa shape index (κ3) is 8.62. The van der Waals surface area contributed by atoms with E-state index in [1.54, 1.807) is 43.7 Å². The Morgan fingerprint density at radius 3 is 2.76 bits per heavy atom. The van der Waals surface area contributed by atoms with E-state index in [9.17, 15) is 9.18 Å². The Labute approximate surface area is 246 Å². The van der Waals surface area contributed by atoms with E-state index in [4.69, 9.17) is 25.7 Å². The highest BCUT2D eigenvalue weighted by Crippen LogP contribution is 2.28. The molecule has 0 N–H and O–H groups in total. The Hall–Kier alpha value is -3.75. The zero-order valence-corrected chi connectivity index (χ0v) is 24.3. The molecule has 3 aromatic rings. The number of benzene rings is 1. The van der Waals surface area contributed by atoms with Gasteiger partial charge in [0.1, 0.15) is 25.0 Å². The summed E-state index contributed by atoms with van der Waals surface area (Å²) in [7, 11) is 0. The monoisotopic (exact) mass is 578 g/mol. The Kier molecular flexibility index (Phi) is 10.9. The SMILES string of the molecule is C=C/C(C)=C(\C=C(/C)C=O)N(CCN1CCC(c2cccc(OCc3ccc(Cl)cc3F)n2)CC1)Cc1ncco1. The molecule has 41 heavy (non-hydrogen) atoms. The van der Waals surface area contributed by atoms with Crippen molar-refractivity contribution in [2.24, 2.45) is 0 Å². The second-order valence-electron chi connectivity index (χ2n) is 10.2. The highest BCUT2D eigenvalue weighted by Gasteiger charge is 2.23. The van der Waals surface area contributed by atoms with Crippen LogP contribution in [0.4, 0.5) is 4.39 Å². The van der Waals surface area contributed by atoms with E-state index in [0.29, 0.717) is 40.4 Å². The molecule has 0 atom stereocenters. The van der Waals surface area contributed by atoms with Gasteiger partial charge in [-0.15, -0.1) is 0 Å². The number of hydrogen-bond donors (Lipinski definition) is 0. The molecule has 216 valence electrons. The lowest BCUT2D eigenvalue weighted by Crippen LogP contribution is -2.39. The van der Waals surface area contributed by atoms with Crippen molar-refractivity contribution in [3.05, 3.63) is 112 Å². The Balaban J connectivity index is 1.36. The zero-order chi connectivity index (χ0) is 29.2. The smallest absolute Gasteiger partial charge is 0.213 e. The fraction of sp³-hybridized carbons (Fsp3) is 0.344. The van der Waals surface area contributed by atoms with Gasteiger partial charge in [0.25, 0.3) is 0 Å². The van der Waals surface area contributed by atoms with Crippen molar-refractivity contribution in [3.8, 4) is 5.88 Å². The molecule has 9 heteroatoms. The van der Waals surface area contributed by atoms with Crippen LogP contribution >= 0.6 is 11.6 Å². The second-order valence-corrected chi connectivity index (χ2v) is 10.6. The molecule has 0 spiro atoms. The maximum atomic E-state index is 14.1. The molecule has 0 radical (unpaired) electrons. The van der Waals surface area contributed by atoms with Gasteiger partial charge in [0.2, 0.25) is 11.8 Å². The number of piperidine rings is 1. The maximum absolute atomic E-state index is 14.1. The normalized spacial score (nSPS) is 15.4. The molecule has 1 aliphatic rings. The third-order valence-corrected chi connectivity index (χ3v) is 7.47. The van der Waals surface area contributed by atoms with Gasteiger partial charge >= 0.3 is 0 Å². The number of allylic oxidation sites excluding steroid dienone is 4. The summed E-state index contributed by atoms with van der Waals surface area (Å²) in [6, 6.07) is 10.3. The van der Waals surface area contributed by atoms with Crippen LogP contribution in [-0.2, 0) is 17.9 Å². The lowest BCUT2D eigenvalue weighted by atomic mass is 9.93. The minimum Gasteiger partial charge on any atom is -0.473 e. The van der Waals surface area contributed by atoms with E-state index in [2.05, 4.69) is 21.4 Å². The number of halogens is 2. The molecule has 0 aliphatic carbocycles. The molecular formula is C32H36ClFN4O3. The first-order valence-corrected chi connectivity index (χ1v) is 14.1. The lowest BCUT2D eigenvalue weighted by molar-refractivity contribution is -0.104. The van der Waals surface area contributed by atoms with Crippen molar-refractivity contribution in [2.45, 2.75) is 45.8 Å². The Morgan fingerprint density at radius 2 is 2.07 bits per heavy atom. The van der Waals surface area contributed by atoms with Crippen LogP contribution < -0.4 is 4.74 Å². The minimum atomic E-state index is -0.392. The van der Waals surface area contributed by atoms with E-state index in [1.165, 1.54) is 6.07 Å². The molecule has 1 aliphatic heterocycles. The van der Waals surface area contributed by atoms with Crippen molar-refractivity contribution < 1.29 is 18.3 Å². The van der Waals surface area contributed by atoms with Crippen LogP contribution in [0.25, 0.3) is 0 Å². The number of hydrogen-bond acceptors (Lipinski definition) is 7. The van der Waals surface area contributed by atoms with Crippen molar-refractivity contribution in [1.29, 1.82) is 0 Å². The van der Waals surface area contributed by atoms with Gasteiger partial charge in [-0.3, -0.25) is 4.79 Å². The standard InChI is InChI=1S/C32H36ClFN4O3/c1-4-24(3)30(18-23(2)21-39)38(20-32-35-12-17-40-32)16-15-37-13-10-25(11-14-37)29-6-5-7-31(36-29)41-22-26-8-9-27(33)19-28(26)34/h4-9,12,17-19,21,25H,1,10-11,13-16,20,22H2,2-3H3/b23-18+,30-24+. The molecule has 3 heterocycles.